The zero-order chi connectivity index (χ0) is 19.6. The van der Waals surface area contributed by atoms with Crippen LogP contribution in [0.25, 0.3) is 0 Å². The number of urea groups is 1. The molecule has 0 fully saturated rings. The van der Waals surface area contributed by atoms with Crippen LogP contribution in [0.4, 0.5) is 4.79 Å². The Morgan fingerprint density at radius 1 is 1.26 bits per heavy atom. The molecule has 4 amide bonds. The van der Waals surface area contributed by atoms with Crippen molar-refractivity contribution in [3.63, 3.8) is 0 Å². The number of hydrogen-bond acceptors (Lipinski definition) is 6. The van der Waals surface area contributed by atoms with Gasteiger partial charge in [-0.2, -0.15) is 4.99 Å². The molecule has 2 aliphatic rings. The van der Waals surface area contributed by atoms with Gasteiger partial charge in [-0.25, -0.2) is 14.8 Å². The number of allylic oxidation sites excluding steroid dienone is 1. The zero-order valence-electron chi connectivity index (χ0n) is 14.9. The highest BCUT2D eigenvalue weighted by atomic mass is 16.2. The van der Waals surface area contributed by atoms with Gasteiger partial charge in [0.05, 0.1) is 6.33 Å². The number of nitrogens with zero attached hydrogens (tertiary/aromatic N) is 5. The highest BCUT2D eigenvalue weighted by molar-refractivity contribution is 6.19. The molecule has 0 saturated heterocycles. The number of aryl methyl sites for hydroxylation is 1. The number of amidine groups is 1. The first-order valence-corrected chi connectivity index (χ1v) is 8.32. The number of imide groups is 1. The predicted octanol–water partition coefficient (Wildman–Crippen LogP) is -0.406. The first-order valence-electron chi connectivity index (χ1n) is 8.32. The molecular formula is C17H18N6O4. The number of carbonyl (C=O) groups excluding carboxylic acids is 3. The molecule has 10 heteroatoms. The molecule has 1 unspecified atom stereocenters. The Bertz CT molecular complexity index is 959. The maximum atomic E-state index is 12.4. The number of aliphatic imine (C=N–C) groups is 2. The summed E-state index contributed by atoms with van der Waals surface area (Å²) in [6.07, 6.45) is 6.02. The quantitative estimate of drug-likeness (QED) is 0.754. The molecule has 140 valence electrons. The molecule has 0 aliphatic carbocycles. The maximum Gasteiger partial charge on any atom is 0.352 e. The lowest BCUT2D eigenvalue weighted by Gasteiger charge is -2.27. The van der Waals surface area contributed by atoms with Crippen molar-refractivity contribution in [1.82, 2.24) is 19.8 Å². The van der Waals surface area contributed by atoms with E-state index < -0.39 is 23.8 Å². The van der Waals surface area contributed by atoms with Gasteiger partial charge in [0, 0.05) is 30.6 Å². The third-order valence-electron chi connectivity index (χ3n) is 4.33. The summed E-state index contributed by atoms with van der Waals surface area (Å²) in [6.45, 7) is 3.19. The molecule has 1 aromatic heterocycles. The summed E-state index contributed by atoms with van der Waals surface area (Å²) in [5, 5.41) is 2.58. The van der Waals surface area contributed by atoms with E-state index in [0.29, 0.717) is 11.3 Å². The van der Waals surface area contributed by atoms with Crippen molar-refractivity contribution < 1.29 is 14.4 Å². The second-order valence-corrected chi connectivity index (χ2v) is 6.12. The number of hydrogen-bond donors (Lipinski definition) is 1. The van der Waals surface area contributed by atoms with E-state index in [1.165, 1.54) is 17.1 Å². The van der Waals surface area contributed by atoms with Crippen LogP contribution in [0.1, 0.15) is 11.3 Å². The van der Waals surface area contributed by atoms with E-state index in [-0.39, 0.29) is 31.0 Å². The standard InChI is InChI=1S/C17H18N6O4/c1-10-11(2)20-9-22(15(10)25)8-13(24)18-6-7-23-16(26)12-4-3-5-19-14(12)21-17(23)27/h3-5,9,12H,6-8H2,1-2H3,(H,18,24). The van der Waals surface area contributed by atoms with Crippen LogP contribution in [0, 0.1) is 19.8 Å². The summed E-state index contributed by atoms with van der Waals surface area (Å²) in [7, 11) is 0. The fourth-order valence-corrected chi connectivity index (χ4v) is 2.67. The molecule has 1 aromatic rings. The van der Waals surface area contributed by atoms with Crippen molar-refractivity contribution in [2.75, 3.05) is 13.1 Å². The van der Waals surface area contributed by atoms with Gasteiger partial charge in [-0.05, 0) is 19.9 Å². The Morgan fingerprint density at radius 2 is 2.04 bits per heavy atom. The Balaban J connectivity index is 1.57. The number of fused-ring (bicyclic) bond motifs is 1. The molecule has 3 rings (SSSR count). The fraction of sp³-hybridized carbons (Fsp3) is 0.353. The van der Waals surface area contributed by atoms with Crippen molar-refractivity contribution in [2.45, 2.75) is 20.4 Å². The van der Waals surface area contributed by atoms with E-state index >= 15 is 0 Å². The normalized spacial score (nSPS) is 18.4. The van der Waals surface area contributed by atoms with Gasteiger partial charge in [0.25, 0.3) is 5.56 Å². The lowest BCUT2D eigenvalue weighted by atomic mass is 10.0. The highest BCUT2D eigenvalue weighted by Gasteiger charge is 2.36. The Kier molecular flexibility index (Phi) is 5.06. The summed E-state index contributed by atoms with van der Waals surface area (Å²) in [4.78, 5) is 61.3. The fourth-order valence-electron chi connectivity index (χ4n) is 2.67. The molecule has 0 bridgehead atoms. The summed E-state index contributed by atoms with van der Waals surface area (Å²) in [6, 6.07) is -0.706. The molecule has 0 radical (unpaired) electrons. The van der Waals surface area contributed by atoms with E-state index in [1.807, 2.05) is 0 Å². The number of dihydropyridines is 1. The minimum Gasteiger partial charge on any atom is -0.353 e. The summed E-state index contributed by atoms with van der Waals surface area (Å²) in [5.74, 6) is -1.36. The number of nitrogens with one attached hydrogen (secondary N) is 1. The zero-order valence-corrected chi connectivity index (χ0v) is 14.9. The number of carbonyl (C=O) groups is 3. The van der Waals surface area contributed by atoms with Crippen molar-refractivity contribution >= 4 is 29.9 Å². The van der Waals surface area contributed by atoms with Crippen LogP contribution in [-0.2, 0) is 16.1 Å². The Hall–Kier alpha value is -3.43. The van der Waals surface area contributed by atoms with Crippen molar-refractivity contribution in [3.8, 4) is 0 Å². The maximum absolute atomic E-state index is 12.4. The number of aromatic nitrogens is 2. The minimum absolute atomic E-state index is 0.0195. The Morgan fingerprint density at radius 3 is 2.81 bits per heavy atom. The van der Waals surface area contributed by atoms with Crippen molar-refractivity contribution in [3.05, 3.63) is 40.1 Å². The molecule has 27 heavy (non-hydrogen) atoms. The molecular weight excluding hydrogens is 352 g/mol. The summed E-state index contributed by atoms with van der Waals surface area (Å²) < 4.78 is 1.20. The summed E-state index contributed by atoms with van der Waals surface area (Å²) >= 11 is 0. The minimum atomic E-state index is -0.706. The van der Waals surface area contributed by atoms with Crippen LogP contribution in [0.3, 0.4) is 0 Å². The van der Waals surface area contributed by atoms with E-state index in [0.717, 1.165) is 4.90 Å². The number of rotatable bonds is 5. The molecule has 10 nitrogen and oxygen atoms in total. The lowest BCUT2D eigenvalue weighted by Crippen LogP contribution is -2.49. The molecule has 0 aromatic carbocycles. The highest BCUT2D eigenvalue weighted by Crippen LogP contribution is 2.18. The Labute approximate surface area is 154 Å². The van der Waals surface area contributed by atoms with Crippen LogP contribution in [0.2, 0.25) is 0 Å². The first kappa shape index (κ1) is 18.4. The van der Waals surface area contributed by atoms with Crippen LogP contribution in [-0.4, -0.2) is 57.4 Å². The largest absolute Gasteiger partial charge is 0.353 e. The lowest BCUT2D eigenvalue weighted by molar-refractivity contribution is -0.130. The van der Waals surface area contributed by atoms with Gasteiger partial charge in [0.2, 0.25) is 11.8 Å². The smallest absolute Gasteiger partial charge is 0.352 e. The molecule has 3 heterocycles. The van der Waals surface area contributed by atoms with Crippen LogP contribution < -0.4 is 10.9 Å². The van der Waals surface area contributed by atoms with E-state index in [1.54, 1.807) is 26.0 Å². The predicted molar refractivity (Wildman–Crippen MR) is 96.6 cm³/mol. The van der Waals surface area contributed by atoms with Gasteiger partial charge in [0.15, 0.2) is 0 Å². The monoisotopic (exact) mass is 370 g/mol. The third-order valence-corrected chi connectivity index (χ3v) is 4.33. The average molecular weight is 370 g/mol. The van der Waals surface area contributed by atoms with Gasteiger partial charge < -0.3 is 5.32 Å². The van der Waals surface area contributed by atoms with Crippen LogP contribution >= 0.6 is 0 Å². The second-order valence-electron chi connectivity index (χ2n) is 6.12. The molecule has 1 N–H and O–H groups in total. The van der Waals surface area contributed by atoms with Crippen molar-refractivity contribution in [1.29, 1.82) is 0 Å². The summed E-state index contributed by atoms with van der Waals surface area (Å²) in [5.41, 5.74) is 0.803. The topological polar surface area (TPSA) is 126 Å². The third kappa shape index (κ3) is 3.73. The van der Waals surface area contributed by atoms with E-state index in [9.17, 15) is 19.2 Å². The van der Waals surface area contributed by atoms with Crippen LogP contribution in [0.15, 0.2) is 33.3 Å². The van der Waals surface area contributed by atoms with E-state index in [2.05, 4.69) is 20.3 Å². The van der Waals surface area contributed by atoms with Gasteiger partial charge in [-0.1, -0.05) is 6.08 Å². The number of amides is 4. The second kappa shape index (κ2) is 7.44. The SMILES string of the molecule is Cc1ncn(CC(=O)NCCN2C(=O)N=C3N=CC=CC3C2=O)c(=O)c1C. The van der Waals surface area contributed by atoms with Gasteiger partial charge >= 0.3 is 6.03 Å². The molecule has 1 atom stereocenters. The van der Waals surface area contributed by atoms with Crippen molar-refractivity contribution in [2.24, 2.45) is 15.9 Å². The first-order chi connectivity index (χ1) is 12.9. The molecule has 0 spiro atoms. The van der Waals surface area contributed by atoms with E-state index in [4.69, 9.17) is 0 Å². The average Bonchev–Trinajstić information content (AvgIpc) is 2.65. The van der Waals surface area contributed by atoms with Gasteiger partial charge in [0.1, 0.15) is 18.3 Å². The molecule has 0 saturated carbocycles. The molecule has 2 aliphatic heterocycles. The van der Waals surface area contributed by atoms with Gasteiger partial charge in [-0.3, -0.25) is 23.9 Å². The van der Waals surface area contributed by atoms with Crippen LogP contribution in [0.5, 0.6) is 0 Å². The van der Waals surface area contributed by atoms with Gasteiger partial charge in [-0.15, -0.1) is 0 Å².